The lowest BCUT2D eigenvalue weighted by Gasteiger charge is -2.28. The number of nitrogens with one attached hydrogen (secondary N) is 2. The zero-order chi connectivity index (χ0) is 11.4. The summed E-state index contributed by atoms with van der Waals surface area (Å²) in [4.78, 5) is 7.44. The van der Waals surface area contributed by atoms with Crippen molar-refractivity contribution in [2.75, 3.05) is 0 Å². The second-order valence-electron chi connectivity index (χ2n) is 5.04. The summed E-state index contributed by atoms with van der Waals surface area (Å²) in [6, 6.07) is 0.622. The van der Waals surface area contributed by atoms with Gasteiger partial charge in [0.15, 0.2) is 0 Å². The summed E-state index contributed by atoms with van der Waals surface area (Å²) in [5, 5.41) is 3.61. The van der Waals surface area contributed by atoms with E-state index < -0.39 is 0 Å². The zero-order valence-electron chi connectivity index (χ0n) is 10.4. The largest absolute Gasteiger partial charge is 0.348 e. The average molecular weight is 221 g/mol. The van der Waals surface area contributed by atoms with Gasteiger partial charge in [-0.15, -0.1) is 0 Å². The maximum atomic E-state index is 4.31. The smallest absolute Gasteiger partial charge is 0.0925 e. The molecule has 90 valence electrons. The Balaban J connectivity index is 1.78. The number of H-pyrrole nitrogens is 1. The predicted octanol–water partition coefficient (Wildman–Crippen LogP) is 2.78. The molecule has 0 aromatic carbocycles. The molecule has 0 aliphatic heterocycles. The van der Waals surface area contributed by atoms with Crippen molar-refractivity contribution in [3.8, 4) is 0 Å². The predicted molar refractivity (Wildman–Crippen MR) is 66.2 cm³/mol. The van der Waals surface area contributed by atoms with Crippen molar-refractivity contribution in [2.24, 2.45) is 5.92 Å². The Morgan fingerprint density at radius 3 is 2.81 bits per heavy atom. The molecule has 1 aliphatic carbocycles. The summed E-state index contributed by atoms with van der Waals surface area (Å²) < 4.78 is 0. The number of nitrogens with zero attached hydrogens (tertiary/aromatic N) is 1. The number of aromatic nitrogens is 2. The van der Waals surface area contributed by atoms with E-state index in [-0.39, 0.29) is 0 Å². The molecule has 1 aromatic heterocycles. The highest BCUT2D eigenvalue weighted by atomic mass is 15.0. The van der Waals surface area contributed by atoms with Crippen LogP contribution in [0.25, 0.3) is 0 Å². The minimum absolute atomic E-state index is 0.622. The van der Waals surface area contributed by atoms with Crippen LogP contribution in [0.3, 0.4) is 0 Å². The molecule has 0 bridgehead atoms. The summed E-state index contributed by atoms with van der Waals surface area (Å²) >= 11 is 0. The molecule has 0 amide bonds. The van der Waals surface area contributed by atoms with Crippen molar-refractivity contribution in [3.63, 3.8) is 0 Å². The Labute approximate surface area is 98.1 Å². The van der Waals surface area contributed by atoms with Crippen molar-refractivity contribution in [2.45, 2.75) is 58.5 Å². The molecule has 16 heavy (non-hydrogen) atoms. The Bertz CT molecular complexity index is 313. The average Bonchev–Trinajstić information content (AvgIpc) is 2.73. The molecule has 1 aliphatic rings. The van der Waals surface area contributed by atoms with E-state index in [1.165, 1.54) is 37.8 Å². The maximum absolute atomic E-state index is 4.31. The minimum Gasteiger partial charge on any atom is -0.348 e. The number of aromatic amines is 1. The number of rotatable bonds is 4. The lowest BCUT2D eigenvalue weighted by atomic mass is 9.84. The standard InChI is InChI=1S/C13H23N3/c1-10(12-6-4-3-5-7-12)14-8-13-11(2)15-9-16-13/h9-10,12,14H,3-8H2,1-2H3,(H,15,16). The van der Waals surface area contributed by atoms with Crippen molar-refractivity contribution in [1.29, 1.82) is 0 Å². The first kappa shape index (κ1) is 11.6. The third-order valence-electron chi connectivity index (χ3n) is 3.88. The van der Waals surface area contributed by atoms with Gasteiger partial charge in [-0.3, -0.25) is 0 Å². The first-order valence-electron chi connectivity index (χ1n) is 6.49. The van der Waals surface area contributed by atoms with Gasteiger partial charge in [0.05, 0.1) is 12.0 Å². The molecule has 0 saturated heterocycles. The van der Waals surface area contributed by atoms with E-state index in [0.29, 0.717) is 6.04 Å². The van der Waals surface area contributed by atoms with Crippen LogP contribution in [0.5, 0.6) is 0 Å². The molecule has 3 nitrogen and oxygen atoms in total. The van der Waals surface area contributed by atoms with Crippen LogP contribution in [0.4, 0.5) is 0 Å². The molecule has 1 fully saturated rings. The fourth-order valence-electron chi connectivity index (χ4n) is 2.62. The van der Waals surface area contributed by atoms with Gasteiger partial charge < -0.3 is 10.3 Å². The summed E-state index contributed by atoms with van der Waals surface area (Å²) in [5.74, 6) is 0.869. The van der Waals surface area contributed by atoms with Gasteiger partial charge in [0, 0.05) is 18.3 Å². The van der Waals surface area contributed by atoms with Gasteiger partial charge in [-0.2, -0.15) is 0 Å². The fourth-order valence-corrected chi connectivity index (χ4v) is 2.62. The summed E-state index contributed by atoms with van der Waals surface area (Å²) in [6.07, 6.45) is 8.83. The van der Waals surface area contributed by atoms with Crippen LogP contribution >= 0.6 is 0 Å². The van der Waals surface area contributed by atoms with Crippen LogP contribution in [0, 0.1) is 12.8 Å². The highest BCUT2D eigenvalue weighted by Crippen LogP contribution is 2.26. The maximum Gasteiger partial charge on any atom is 0.0925 e. The normalized spacial score (nSPS) is 19.9. The van der Waals surface area contributed by atoms with Gasteiger partial charge in [0.2, 0.25) is 0 Å². The molecule has 2 rings (SSSR count). The topological polar surface area (TPSA) is 40.7 Å². The summed E-state index contributed by atoms with van der Waals surface area (Å²) in [5.41, 5.74) is 2.34. The molecule has 3 heteroatoms. The molecule has 1 saturated carbocycles. The van der Waals surface area contributed by atoms with E-state index in [0.717, 1.165) is 18.2 Å². The summed E-state index contributed by atoms with van der Waals surface area (Å²) in [7, 11) is 0. The Morgan fingerprint density at radius 2 is 2.19 bits per heavy atom. The number of hydrogen-bond donors (Lipinski definition) is 2. The molecule has 2 N–H and O–H groups in total. The minimum atomic E-state index is 0.622. The highest BCUT2D eigenvalue weighted by molar-refractivity contribution is 5.08. The molecule has 1 atom stereocenters. The molecule has 0 spiro atoms. The van der Waals surface area contributed by atoms with Crippen molar-refractivity contribution in [3.05, 3.63) is 17.7 Å². The highest BCUT2D eigenvalue weighted by Gasteiger charge is 2.19. The first-order valence-corrected chi connectivity index (χ1v) is 6.49. The monoisotopic (exact) mass is 221 g/mol. The van der Waals surface area contributed by atoms with Crippen molar-refractivity contribution < 1.29 is 0 Å². The van der Waals surface area contributed by atoms with E-state index in [4.69, 9.17) is 0 Å². The lowest BCUT2D eigenvalue weighted by Crippen LogP contribution is -2.34. The zero-order valence-corrected chi connectivity index (χ0v) is 10.4. The van der Waals surface area contributed by atoms with Gasteiger partial charge >= 0.3 is 0 Å². The van der Waals surface area contributed by atoms with Gasteiger partial charge in [0.1, 0.15) is 0 Å². The van der Waals surface area contributed by atoms with Crippen LogP contribution in [-0.2, 0) is 6.54 Å². The van der Waals surface area contributed by atoms with E-state index in [9.17, 15) is 0 Å². The third kappa shape index (κ3) is 2.85. The van der Waals surface area contributed by atoms with E-state index in [1.807, 2.05) is 0 Å². The Kier molecular flexibility index (Phi) is 3.99. The van der Waals surface area contributed by atoms with Gasteiger partial charge in [0.25, 0.3) is 0 Å². The van der Waals surface area contributed by atoms with Crippen LogP contribution in [0.2, 0.25) is 0 Å². The van der Waals surface area contributed by atoms with Crippen molar-refractivity contribution >= 4 is 0 Å². The Morgan fingerprint density at radius 1 is 1.44 bits per heavy atom. The van der Waals surface area contributed by atoms with Crippen LogP contribution in [0.1, 0.15) is 50.4 Å². The Hall–Kier alpha value is -0.830. The van der Waals surface area contributed by atoms with Gasteiger partial charge in [-0.05, 0) is 32.6 Å². The van der Waals surface area contributed by atoms with E-state index in [1.54, 1.807) is 6.33 Å². The lowest BCUT2D eigenvalue weighted by molar-refractivity contribution is 0.280. The van der Waals surface area contributed by atoms with E-state index in [2.05, 4.69) is 29.1 Å². The number of hydrogen-bond acceptors (Lipinski definition) is 2. The van der Waals surface area contributed by atoms with Gasteiger partial charge in [-0.1, -0.05) is 19.3 Å². The summed E-state index contributed by atoms with van der Waals surface area (Å²) in [6.45, 7) is 5.29. The second kappa shape index (κ2) is 5.48. The molecular formula is C13H23N3. The van der Waals surface area contributed by atoms with Crippen LogP contribution < -0.4 is 5.32 Å². The molecule has 1 heterocycles. The number of aryl methyl sites for hydroxylation is 1. The molecular weight excluding hydrogens is 198 g/mol. The molecule has 0 radical (unpaired) electrons. The first-order chi connectivity index (χ1) is 7.77. The molecule has 1 unspecified atom stereocenters. The SMILES string of the molecule is Cc1[nH]cnc1CNC(C)C1CCCCC1. The molecule has 1 aromatic rings. The number of imidazole rings is 1. The third-order valence-corrected chi connectivity index (χ3v) is 3.88. The van der Waals surface area contributed by atoms with E-state index >= 15 is 0 Å². The van der Waals surface area contributed by atoms with Crippen LogP contribution in [-0.4, -0.2) is 16.0 Å². The quantitative estimate of drug-likeness (QED) is 0.820. The van der Waals surface area contributed by atoms with Gasteiger partial charge in [-0.25, -0.2) is 4.98 Å². The van der Waals surface area contributed by atoms with Crippen molar-refractivity contribution in [1.82, 2.24) is 15.3 Å². The van der Waals surface area contributed by atoms with Crippen LogP contribution in [0.15, 0.2) is 6.33 Å². The second-order valence-corrected chi connectivity index (χ2v) is 5.04. The fraction of sp³-hybridized carbons (Fsp3) is 0.769.